The van der Waals surface area contributed by atoms with E-state index in [4.69, 9.17) is 0 Å². The minimum Gasteiger partial charge on any atom is -0.284 e. The molecule has 3 aromatic rings. The topological polar surface area (TPSA) is 45.0 Å². The van der Waals surface area contributed by atoms with Gasteiger partial charge in [0, 0.05) is 0 Å². The van der Waals surface area contributed by atoms with Crippen LogP contribution in [0.2, 0.25) is 0 Å². The molecule has 1 atom stereocenters. The number of hydrogen-bond donors (Lipinski definition) is 0. The van der Waals surface area contributed by atoms with Crippen LogP contribution in [0, 0.1) is 6.92 Å². The van der Waals surface area contributed by atoms with Crippen molar-refractivity contribution in [2.24, 2.45) is 10.2 Å². The van der Waals surface area contributed by atoms with Crippen LogP contribution in [0.1, 0.15) is 23.6 Å². The number of amidine groups is 1. The largest absolute Gasteiger partial charge is 0.284 e. The molecule has 1 saturated heterocycles. The predicted molar refractivity (Wildman–Crippen MR) is 118 cm³/mol. The summed E-state index contributed by atoms with van der Waals surface area (Å²) >= 11 is 1.46. The van der Waals surface area contributed by atoms with Crippen LogP contribution < -0.4 is 0 Å². The number of rotatable bonds is 4. The van der Waals surface area contributed by atoms with Gasteiger partial charge in [0.1, 0.15) is 0 Å². The van der Waals surface area contributed by atoms with E-state index < -0.39 is 0 Å². The third kappa shape index (κ3) is 3.85. The highest BCUT2D eigenvalue weighted by atomic mass is 32.2. The van der Waals surface area contributed by atoms with Crippen molar-refractivity contribution < 1.29 is 4.79 Å². The fraction of sp³-hybridized carbons (Fsp3) is 0.174. The van der Waals surface area contributed by atoms with Crippen molar-refractivity contribution in [3.8, 4) is 0 Å². The van der Waals surface area contributed by atoms with E-state index in [0.29, 0.717) is 11.7 Å². The molecule has 28 heavy (non-hydrogen) atoms. The average molecular weight is 388 g/mol. The first kappa shape index (κ1) is 18.4. The van der Waals surface area contributed by atoms with Crippen LogP contribution in [0.15, 0.2) is 76.9 Å². The molecule has 4 rings (SSSR count). The molecule has 1 amide bonds. The Labute approximate surface area is 169 Å². The van der Waals surface area contributed by atoms with Gasteiger partial charge in [-0.2, -0.15) is 5.10 Å². The van der Waals surface area contributed by atoms with Crippen LogP contribution in [-0.2, 0) is 11.3 Å². The standard InChI is InChI=1S/C23H21N3OS/c1-16-10-12-18(13-11-16)14-24-25-23-26(22(27)17(2)28-23)15-20-8-5-7-19-6-3-4-9-21(19)20/h3-14,17H,15H2,1-2H3/b24-14-,25-23+/t17-/m0/s1. The molecule has 0 N–H and O–H groups in total. The molecule has 1 aliphatic heterocycles. The van der Waals surface area contributed by atoms with Crippen LogP contribution in [0.5, 0.6) is 0 Å². The van der Waals surface area contributed by atoms with Crippen molar-refractivity contribution >= 4 is 39.8 Å². The number of nitrogens with zero attached hydrogens (tertiary/aromatic N) is 3. The Morgan fingerprint density at radius 1 is 1.04 bits per heavy atom. The van der Waals surface area contributed by atoms with Crippen molar-refractivity contribution in [2.75, 3.05) is 0 Å². The van der Waals surface area contributed by atoms with Gasteiger partial charge in [-0.05, 0) is 35.7 Å². The molecule has 0 saturated carbocycles. The summed E-state index contributed by atoms with van der Waals surface area (Å²) in [5, 5.41) is 11.4. The minimum absolute atomic E-state index is 0.0715. The van der Waals surface area contributed by atoms with E-state index in [1.807, 2.05) is 49.4 Å². The number of benzene rings is 3. The van der Waals surface area contributed by atoms with Crippen LogP contribution in [0.4, 0.5) is 0 Å². The fourth-order valence-electron chi connectivity index (χ4n) is 3.21. The molecule has 0 spiro atoms. The summed E-state index contributed by atoms with van der Waals surface area (Å²) in [5.41, 5.74) is 3.30. The summed E-state index contributed by atoms with van der Waals surface area (Å²) in [6, 6.07) is 22.5. The highest BCUT2D eigenvalue weighted by Gasteiger charge is 2.35. The summed E-state index contributed by atoms with van der Waals surface area (Å²) < 4.78 is 0. The van der Waals surface area contributed by atoms with Crippen LogP contribution in [0.3, 0.4) is 0 Å². The predicted octanol–water partition coefficient (Wildman–Crippen LogP) is 5.00. The SMILES string of the molecule is Cc1ccc(/C=N\N=C2\S[C@@H](C)C(=O)N2Cc2cccc3ccccc23)cc1. The summed E-state index contributed by atoms with van der Waals surface area (Å²) in [7, 11) is 0. The van der Waals surface area contributed by atoms with Crippen LogP contribution >= 0.6 is 11.8 Å². The van der Waals surface area contributed by atoms with Gasteiger partial charge in [0.05, 0.1) is 18.0 Å². The minimum atomic E-state index is -0.150. The van der Waals surface area contributed by atoms with E-state index in [2.05, 4.69) is 41.4 Å². The maximum Gasteiger partial charge on any atom is 0.242 e. The van der Waals surface area contributed by atoms with Gasteiger partial charge in [0.2, 0.25) is 5.91 Å². The average Bonchev–Trinajstić information content (AvgIpc) is 2.97. The van der Waals surface area contributed by atoms with Gasteiger partial charge in [0.25, 0.3) is 0 Å². The number of hydrogen-bond acceptors (Lipinski definition) is 4. The second kappa shape index (κ2) is 7.98. The Hall–Kier alpha value is -2.92. The third-order valence-electron chi connectivity index (χ3n) is 4.76. The van der Waals surface area contributed by atoms with Crippen molar-refractivity contribution in [3.05, 3.63) is 83.4 Å². The zero-order valence-electron chi connectivity index (χ0n) is 15.9. The molecule has 0 aliphatic carbocycles. The molecule has 0 radical (unpaired) electrons. The molecule has 1 aliphatic rings. The van der Waals surface area contributed by atoms with E-state index >= 15 is 0 Å². The number of aryl methyl sites for hydroxylation is 1. The first-order valence-corrected chi connectivity index (χ1v) is 10.1. The lowest BCUT2D eigenvalue weighted by Crippen LogP contribution is -2.30. The van der Waals surface area contributed by atoms with Gasteiger partial charge in [0.15, 0.2) is 5.17 Å². The van der Waals surface area contributed by atoms with Gasteiger partial charge in [-0.3, -0.25) is 9.69 Å². The van der Waals surface area contributed by atoms with E-state index in [1.165, 1.54) is 22.7 Å². The highest BCUT2D eigenvalue weighted by molar-refractivity contribution is 8.15. The van der Waals surface area contributed by atoms with Crippen molar-refractivity contribution in [3.63, 3.8) is 0 Å². The normalized spacial score (nSPS) is 18.6. The maximum atomic E-state index is 12.7. The van der Waals surface area contributed by atoms with E-state index in [0.717, 1.165) is 16.5 Å². The van der Waals surface area contributed by atoms with Crippen LogP contribution in [0.25, 0.3) is 10.8 Å². The number of amides is 1. The summed E-state index contributed by atoms with van der Waals surface area (Å²) in [6.45, 7) is 4.46. The van der Waals surface area contributed by atoms with E-state index in [1.54, 1.807) is 11.1 Å². The monoisotopic (exact) mass is 387 g/mol. The molecule has 4 nitrogen and oxygen atoms in total. The second-order valence-corrected chi connectivity index (χ2v) is 8.17. The molecule has 0 bridgehead atoms. The molecular weight excluding hydrogens is 366 g/mol. The Kier molecular flexibility index (Phi) is 5.26. The zero-order valence-corrected chi connectivity index (χ0v) is 16.7. The third-order valence-corrected chi connectivity index (χ3v) is 5.83. The Morgan fingerprint density at radius 2 is 1.79 bits per heavy atom. The highest BCUT2D eigenvalue weighted by Crippen LogP contribution is 2.30. The van der Waals surface area contributed by atoms with E-state index in [9.17, 15) is 4.79 Å². The van der Waals surface area contributed by atoms with Crippen molar-refractivity contribution in [1.82, 2.24) is 4.90 Å². The quantitative estimate of drug-likeness (QED) is 0.467. The van der Waals surface area contributed by atoms with Gasteiger partial charge < -0.3 is 0 Å². The first-order chi connectivity index (χ1) is 13.6. The Bertz CT molecular complexity index is 1070. The Balaban J connectivity index is 1.60. The molecule has 1 heterocycles. The summed E-state index contributed by atoms with van der Waals surface area (Å²) in [5.74, 6) is 0.0715. The van der Waals surface area contributed by atoms with Crippen LogP contribution in [-0.4, -0.2) is 27.4 Å². The summed E-state index contributed by atoms with van der Waals surface area (Å²) in [4.78, 5) is 14.4. The second-order valence-electron chi connectivity index (χ2n) is 6.86. The van der Waals surface area contributed by atoms with E-state index in [-0.39, 0.29) is 11.2 Å². The molecule has 0 aromatic heterocycles. The first-order valence-electron chi connectivity index (χ1n) is 9.24. The number of carbonyl (C=O) groups excluding carboxylic acids is 1. The molecule has 1 fully saturated rings. The maximum absolute atomic E-state index is 12.7. The molecule has 0 unspecified atom stereocenters. The molecule has 5 heteroatoms. The summed E-state index contributed by atoms with van der Waals surface area (Å²) in [6.07, 6.45) is 1.72. The molecule has 3 aromatic carbocycles. The Morgan fingerprint density at radius 3 is 2.61 bits per heavy atom. The van der Waals surface area contributed by atoms with Crippen molar-refractivity contribution in [1.29, 1.82) is 0 Å². The van der Waals surface area contributed by atoms with Gasteiger partial charge in [-0.15, -0.1) is 5.10 Å². The number of carbonyl (C=O) groups is 1. The smallest absolute Gasteiger partial charge is 0.242 e. The fourth-order valence-corrected chi connectivity index (χ4v) is 4.13. The van der Waals surface area contributed by atoms with Gasteiger partial charge in [-0.25, -0.2) is 0 Å². The number of thioether (sulfide) groups is 1. The number of fused-ring (bicyclic) bond motifs is 1. The lowest BCUT2D eigenvalue weighted by molar-refractivity contribution is -0.126. The molecular formula is C23H21N3OS. The lowest BCUT2D eigenvalue weighted by Gasteiger charge is -2.17. The zero-order chi connectivity index (χ0) is 19.5. The van der Waals surface area contributed by atoms with Gasteiger partial charge in [-0.1, -0.05) is 84.1 Å². The molecule has 140 valence electrons. The lowest BCUT2D eigenvalue weighted by atomic mass is 10.0. The van der Waals surface area contributed by atoms with Gasteiger partial charge >= 0.3 is 0 Å². The van der Waals surface area contributed by atoms with Crippen molar-refractivity contribution in [2.45, 2.75) is 25.6 Å².